The molecule has 0 radical (unpaired) electrons. The van der Waals surface area contributed by atoms with Gasteiger partial charge in [0.15, 0.2) is 0 Å². The second-order valence-corrected chi connectivity index (χ2v) is 7.85. The molecule has 1 aliphatic rings. The molecule has 0 aliphatic carbocycles. The highest BCUT2D eigenvalue weighted by Crippen LogP contribution is 2.27. The molecule has 3 aromatic rings. The largest absolute Gasteiger partial charge is 0.337 e. The number of rotatable bonds is 5. The molecule has 0 saturated carbocycles. The number of likely N-dealkylation sites (N-methyl/N-ethyl adjacent to an activating group) is 1. The number of amides is 1. The minimum Gasteiger partial charge on any atom is -0.337 e. The van der Waals surface area contributed by atoms with E-state index < -0.39 is 0 Å². The standard InChI is InChI=1S/C21H28N6O/c1-16-19(27-11-5-4-8-18(27)23-16)21(28)26-10-6-7-17(15-26)20-22-9-12-25(20)14-13-24(2)3/h4-5,8-9,11-12,17H,6-7,10,13-15H2,1-3H3/t17-/m0/s1. The fraction of sp³-hybridized carbons (Fsp3) is 0.476. The van der Waals surface area contributed by atoms with Gasteiger partial charge >= 0.3 is 0 Å². The number of likely N-dealkylation sites (tertiary alicyclic amines) is 1. The summed E-state index contributed by atoms with van der Waals surface area (Å²) in [5.41, 5.74) is 2.27. The Kier molecular flexibility index (Phi) is 5.17. The van der Waals surface area contributed by atoms with E-state index in [0.29, 0.717) is 12.2 Å². The van der Waals surface area contributed by atoms with Crippen LogP contribution in [0.25, 0.3) is 5.65 Å². The van der Waals surface area contributed by atoms with Crippen LogP contribution in [0, 0.1) is 6.92 Å². The molecule has 4 heterocycles. The van der Waals surface area contributed by atoms with E-state index in [-0.39, 0.29) is 11.8 Å². The lowest BCUT2D eigenvalue weighted by Gasteiger charge is -2.32. The van der Waals surface area contributed by atoms with E-state index in [9.17, 15) is 4.79 Å². The second-order valence-electron chi connectivity index (χ2n) is 7.85. The lowest BCUT2D eigenvalue weighted by Crippen LogP contribution is -2.40. The van der Waals surface area contributed by atoms with Crippen molar-refractivity contribution in [3.8, 4) is 0 Å². The van der Waals surface area contributed by atoms with Crippen LogP contribution in [0.1, 0.15) is 40.8 Å². The van der Waals surface area contributed by atoms with Crippen molar-refractivity contribution in [3.05, 3.63) is 54.0 Å². The Morgan fingerprint density at radius 2 is 2.14 bits per heavy atom. The summed E-state index contributed by atoms with van der Waals surface area (Å²) in [6.45, 7) is 5.29. The summed E-state index contributed by atoms with van der Waals surface area (Å²) >= 11 is 0. The van der Waals surface area contributed by atoms with Gasteiger partial charge in [0.2, 0.25) is 0 Å². The van der Waals surface area contributed by atoms with Crippen LogP contribution in [-0.2, 0) is 6.54 Å². The molecule has 148 valence electrons. The normalized spacial score (nSPS) is 17.6. The number of nitrogens with zero attached hydrogens (tertiary/aromatic N) is 6. The molecule has 1 fully saturated rings. The maximum absolute atomic E-state index is 13.3. The molecule has 1 saturated heterocycles. The minimum absolute atomic E-state index is 0.0623. The average Bonchev–Trinajstić information content (AvgIpc) is 3.29. The van der Waals surface area contributed by atoms with Gasteiger partial charge < -0.3 is 14.4 Å². The van der Waals surface area contributed by atoms with E-state index in [1.165, 1.54) is 0 Å². The number of carbonyl (C=O) groups is 1. The van der Waals surface area contributed by atoms with Gasteiger partial charge in [0.05, 0.1) is 5.69 Å². The number of aryl methyl sites for hydroxylation is 1. The lowest BCUT2D eigenvalue weighted by atomic mass is 9.96. The maximum atomic E-state index is 13.3. The van der Waals surface area contributed by atoms with Gasteiger partial charge in [-0.3, -0.25) is 9.20 Å². The maximum Gasteiger partial charge on any atom is 0.272 e. The quantitative estimate of drug-likeness (QED) is 0.682. The first kappa shape index (κ1) is 18.7. The zero-order chi connectivity index (χ0) is 19.7. The van der Waals surface area contributed by atoms with Crippen LogP contribution >= 0.6 is 0 Å². The predicted octanol–water partition coefficient (Wildman–Crippen LogP) is 2.42. The highest BCUT2D eigenvalue weighted by Gasteiger charge is 2.30. The molecule has 7 nitrogen and oxygen atoms in total. The van der Waals surface area contributed by atoms with Crippen molar-refractivity contribution in [3.63, 3.8) is 0 Å². The first-order chi connectivity index (χ1) is 13.5. The summed E-state index contributed by atoms with van der Waals surface area (Å²) in [6.07, 6.45) is 7.90. The van der Waals surface area contributed by atoms with Gasteiger partial charge in [0, 0.05) is 50.7 Å². The van der Waals surface area contributed by atoms with Gasteiger partial charge in [-0.15, -0.1) is 0 Å². The van der Waals surface area contributed by atoms with E-state index in [2.05, 4.69) is 33.5 Å². The van der Waals surface area contributed by atoms with Crippen molar-refractivity contribution in [1.82, 2.24) is 28.7 Å². The summed E-state index contributed by atoms with van der Waals surface area (Å²) < 4.78 is 4.14. The van der Waals surface area contributed by atoms with Crippen LogP contribution in [0.5, 0.6) is 0 Å². The smallest absolute Gasteiger partial charge is 0.272 e. The molecule has 1 amide bonds. The summed E-state index contributed by atoms with van der Waals surface area (Å²) in [7, 11) is 4.16. The molecule has 3 aromatic heterocycles. The molecule has 0 bridgehead atoms. The van der Waals surface area contributed by atoms with Crippen LogP contribution in [0.4, 0.5) is 0 Å². The monoisotopic (exact) mass is 380 g/mol. The number of imidazole rings is 2. The topological polar surface area (TPSA) is 58.7 Å². The molecule has 0 unspecified atom stereocenters. The molecular weight excluding hydrogens is 352 g/mol. The molecule has 4 rings (SSSR count). The molecular formula is C21H28N6O. The summed E-state index contributed by atoms with van der Waals surface area (Å²) in [5.74, 6) is 1.43. The molecule has 1 atom stereocenters. The lowest BCUT2D eigenvalue weighted by molar-refractivity contribution is 0.0695. The van der Waals surface area contributed by atoms with Crippen LogP contribution in [0.2, 0.25) is 0 Å². The Labute approximate surface area is 165 Å². The number of piperidine rings is 1. The first-order valence-electron chi connectivity index (χ1n) is 9.93. The van der Waals surface area contributed by atoms with Gasteiger partial charge in [-0.25, -0.2) is 9.97 Å². The zero-order valence-electron chi connectivity index (χ0n) is 16.9. The van der Waals surface area contributed by atoms with Crippen LogP contribution in [0.15, 0.2) is 36.8 Å². The molecule has 7 heteroatoms. The van der Waals surface area contributed by atoms with Crippen LogP contribution in [0.3, 0.4) is 0 Å². The third-order valence-corrected chi connectivity index (χ3v) is 5.52. The Balaban J connectivity index is 1.55. The van der Waals surface area contributed by atoms with Crippen molar-refractivity contribution in [1.29, 1.82) is 0 Å². The number of pyridine rings is 1. The van der Waals surface area contributed by atoms with E-state index in [0.717, 1.165) is 49.6 Å². The molecule has 1 aliphatic heterocycles. The van der Waals surface area contributed by atoms with E-state index in [1.807, 2.05) is 53.0 Å². The summed E-state index contributed by atoms with van der Waals surface area (Å²) in [4.78, 5) is 26.7. The van der Waals surface area contributed by atoms with Crippen molar-refractivity contribution in [2.45, 2.75) is 32.2 Å². The fourth-order valence-corrected chi connectivity index (χ4v) is 4.07. The van der Waals surface area contributed by atoms with Crippen molar-refractivity contribution >= 4 is 11.6 Å². The van der Waals surface area contributed by atoms with E-state index in [4.69, 9.17) is 0 Å². The number of hydrogen-bond acceptors (Lipinski definition) is 4. The predicted molar refractivity (Wildman–Crippen MR) is 109 cm³/mol. The van der Waals surface area contributed by atoms with Crippen LogP contribution < -0.4 is 0 Å². The highest BCUT2D eigenvalue weighted by molar-refractivity contribution is 5.94. The Morgan fingerprint density at radius 3 is 2.96 bits per heavy atom. The highest BCUT2D eigenvalue weighted by atomic mass is 16.2. The van der Waals surface area contributed by atoms with Crippen molar-refractivity contribution in [2.75, 3.05) is 33.7 Å². The Morgan fingerprint density at radius 1 is 1.29 bits per heavy atom. The molecule has 0 aromatic carbocycles. The van der Waals surface area contributed by atoms with E-state index >= 15 is 0 Å². The molecule has 28 heavy (non-hydrogen) atoms. The Bertz CT molecular complexity index is 972. The SMILES string of the molecule is Cc1nc2ccccn2c1C(=O)N1CCC[C@H](c2nccn2CCN(C)C)C1. The Hall–Kier alpha value is -2.67. The van der Waals surface area contributed by atoms with E-state index in [1.54, 1.807) is 0 Å². The summed E-state index contributed by atoms with van der Waals surface area (Å²) in [6, 6.07) is 5.82. The second kappa shape index (κ2) is 7.75. The van der Waals surface area contributed by atoms with Crippen molar-refractivity contribution in [2.24, 2.45) is 0 Å². The van der Waals surface area contributed by atoms with Crippen molar-refractivity contribution < 1.29 is 4.79 Å². The number of carbonyl (C=O) groups excluding carboxylic acids is 1. The van der Waals surface area contributed by atoms with Crippen LogP contribution in [-0.4, -0.2) is 68.4 Å². The average molecular weight is 380 g/mol. The fourth-order valence-electron chi connectivity index (χ4n) is 4.07. The molecule has 0 N–H and O–H groups in total. The third kappa shape index (κ3) is 3.54. The van der Waals surface area contributed by atoms with Gasteiger partial charge in [0.25, 0.3) is 5.91 Å². The molecule has 0 spiro atoms. The number of aromatic nitrogens is 4. The number of fused-ring (bicyclic) bond motifs is 1. The zero-order valence-corrected chi connectivity index (χ0v) is 16.9. The third-order valence-electron chi connectivity index (χ3n) is 5.52. The van der Waals surface area contributed by atoms with Gasteiger partial charge in [-0.1, -0.05) is 6.07 Å². The summed E-state index contributed by atoms with van der Waals surface area (Å²) in [5, 5.41) is 0. The first-order valence-corrected chi connectivity index (χ1v) is 9.93. The minimum atomic E-state index is 0.0623. The van der Waals surface area contributed by atoms with Gasteiger partial charge in [-0.2, -0.15) is 0 Å². The van der Waals surface area contributed by atoms with Gasteiger partial charge in [-0.05, 0) is 46.0 Å². The van der Waals surface area contributed by atoms with Gasteiger partial charge in [0.1, 0.15) is 17.2 Å². The number of hydrogen-bond donors (Lipinski definition) is 0.